The van der Waals surface area contributed by atoms with E-state index in [9.17, 15) is 9.59 Å². The van der Waals surface area contributed by atoms with Crippen LogP contribution in [-0.2, 0) is 17.7 Å². The van der Waals surface area contributed by atoms with E-state index in [1.165, 1.54) is 6.07 Å². The van der Waals surface area contributed by atoms with Gasteiger partial charge in [0.25, 0.3) is 5.56 Å². The molecule has 0 aliphatic rings. The summed E-state index contributed by atoms with van der Waals surface area (Å²) < 4.78 is 11.9. The normalized spacial score (nSPS) is 10.6. The molecule has 2 aromatic heterocycles. The Morgan fingerprint density at radius 3 is 2.76 bits per heavy atom. The van der Waals surface area contributed by atoms with Crippen molar-refractivity contribution in [2.24, 2.45) is 0 Å². The second kappa shape index (κ2) is 6.43. The van der Waals surface area contributed by atoms with E-state index in [0.717, 1.165) is 5.76 Å². The van der Waals surface area contributed by atoms with Crippen LogP contribution < -0.4 is 5.56 Å². The molecule has 5 heteroatoms. The first kappa shape index (κ1) is 15.1. The molecule has 0 unspecified atom stereocenters. The summed E-state index contributed by atoms with van der Waals surface area (Å²) in [6.07, 6.45) is 2.20. The summed E-state index contributed by atoms with van der Waals surface area (Å²) in [5.74, 6) is 0.416. The number of nitrogens with zero attached hydrogens (tertiary/aromatic N) is 1. The summed E-state index contributed by atoms with van der Waals surface area (Å²) in [7, 11) is 0. The van der Waals surface area contributed by atoms with Gasteiger partial charge in [-0.3, -0.25) is 4.79 Å². The van der Waals surface area contributed by atoms with E-state index in [-0.39, 0.29) is 11.5 Å². The predicted octanol–water partition coefficient (Wildman–Crippen LogP) is 2.48. The van der Waals surface area contributed by atoms with Crippen molar-refractivity contribution < 1.29 is 13.9 Å². The lowest BCUT2D eigenvalue weighted by Gasteiger charge is -2.15. The van der Waals surface area contributed by atoms with Crippen LogP contribution in [0.2, 0.25) is 0 Å². The lowest BCUT2D eigenvalue weighted by molar-refractivity contribution is 0.0523. The Kier molecular flexibility index (Phi) is 4.62. The molecule has 0 bridgehead atoms. The molecule has 0 saturated heterocycles. The van der Waals surface area contributed by atoms with Crippen molar-refractivity contribution in [2.75, 3.05) is 6.61 Å². The molecule has 0 radical (unpaired) electrons. The zero-order valence-corrected chi connectivity index (χ0v) is 12.5. The van der Waals surface area contributed by atoms with Crippen molar-refractivity contribution in [1.29, 1.82) is 0 Å². The first-order valence-corrected chi connectivity index (χ1v) is 6.95. The van der Waals surface area contributed by atoms with Crippen LogP contribution >= 0.6 is 0 Å². The number of rotatable bonds is 5. The molecule has 2 heterocycles. The molecule has 5 nitrogen and oxygen atoms in total. The number of esters is 1. The molecule has 0 fully saturated rings. The highest BCUT2D eigenvalue weighted by Gasteiger charge is 2.17. The van der Waals surface area contributed by atoms with Gasteiger partial charge in [0.15, 0.2) is 0 Å². The van der Waals surface area contributed by atoms with Crippen molar-refractivity contribution in [1.82, 2.24) is 4.57 Å². The topological polar surface area (TPSA) is 61.4 Å². The summed E-state index contributed by atoms with van der Waals surface area (Å²) in [6.45, 7) is 6.05. The molecule has 0 amide bonds. The Morgan fingerprint density at radius 1 is 1.38 bits per heavy atom. The van der Waals surface area contributed by atoms with Gasteiger partial charge in [-0.15, -0.1) is 0 Å². The maximum Gasteiger partial charge on any atom is 0.340 e. The number of carbonyl (C=O) groups excluding carboxylic acids is 1. The van der Waals surface area contributed by atoms with Crippen LogP contribution in [0.25, 0.3) is 0 Å². The maximum absolute atomic E-state index is 12.1. The molecular weight excluding hydrogens is 270 g/mol. The molecule has 0 aromatic carbocycles. The smallest absolute Gasteiger partial charge is 0.340 e. The zero-order valence-electron chi connectivity index (χ0n) is 12.5. The van der Waals surface area contributed by atoms with Crippen LogP contribution in [-0.4, -0.2) is 17.1 Å². The molecule has 112 valence electrons. The molecule has 0 atom stereocenters. The Labute approximate surface area is 123 Å². The number of furan rings is 1. The van der Waals surface area contributed by atoms with Crippen molar-refractivity contribution >= 4 is 5.97 Å². The Hall–Kier alpha value is -2.30. The summed E-state index contributed by atoms with van der Waals surface area (Å²) in [6, 6.07) is 5.15. The quantitative estimate of drug-likeness (QED) is 0.793. The van der Waals surface area contributed by atoms with E-state index in [1.54, 1.807) is 31.6 Å². The lowest BCUT2D eigenvalue weighted by Crippen LogP contribution is -2.26. The number of aromatic nitrogens is 1. The molecule has 21 heavy (non-hydrogen) atoms. The van der Waals surface area contributed by atoms with Crippen molar-refractivity contribution in [3.8, 4) is 0 Å². The van der Waals surface area contributed by atoms with Gasteiger partial charge < -0.3 is 13.7 Å². The molecule has 0 spiro atoms. The zero-order chi connectivity index (χ0) is 15.4. The number of pyridine rings is 1. The minimum Gasteiger partial charge on any atom is -0.469 e. The van der Waals surface area contributed by atoms with Crippen molar-refractivity contribution in [2.45, 2.75) is 33.7 Å². The average Bonchev–Trinajstić information content (AvgIpc) is 2.91. The van der Waals surface area contributed by atoms with Gasteiger partial charge in [-0.2, -0.15) is 0 Å². The van der Waals surface area contributed by atoms with Crippen LogP contribution in [0.5, 0.6) is 0 Å². The fourth-order valence-corrected chi connectivity index (χ4v) is 2.39. The molecular formula is C16H19NO4. The SMILES string of the molecule is CCOC(=O)c1c(C)cc(=O)n(CCc2ccco2)c1C. The van der Waals surface area contributed by atoms with Gasteiger partial charge in [0.1, 0.15) is 5.76 Å². The standard InChI is InChI=1S/C16H19NO4/c1-4-20-16(19)15-11(2)10-14(18)17(12(15)3)8-7-13-6-5-9-21-13/h5-6,9-10H,4,7-8H2,1-3H3. The Balaban J connectivity index is 2.34. The van der Waals surface area contributed by atoms with Gasteiger partial charge in [-0.25, -0.2) is 4.79 Å². The van der Waals surface area contributed by atoms with Crippen molar-refractivity contribution in [3.63, 3.8) is 0 Å². The van der Waals surface area contributed by atoms with Gasteiger partial charge in [0.2, 0.25) is 0 Å². The van der Waals surface area contributed by atoms with Gasteiger partial charge in [0, 0.05) is 24.7 Å². The Bertz CT molecular complexity index is 683. The van der Waals surface area contributed by atoms with Crippen LogP contribution in [0.15, 0.2) is 33.7 Å². The lowest BCUT2D eigenvalue weighted by atomic mass is 10.1. The van der Waals surface area contributed by atoms with Crippen LogP contribution in [0.1, 0.15) is 34.3 Å². The van der Waals surface area contributed by atoms with E-state index in [0.29, 0.717) is 36.4 Å². The molecule has 0 saturated carbocycles. The number of hydrogen-bond donors (Lipinski definition) is 0. The van der Waals surface area contributed by atoms with Gasteiger partial charge in [0.05, 0.1) is 18.4 Å². The largest absolute Gasteiger partial charge is 0.469 e. The number of ether oxygens (including phenoxy) is 1. The van der Waals surface area contributed by atoms with Crippen LogP contribution in [0.3, 0.4) is 0 Å². The van der Waals surface area contributed by atoms with E-state index in [2.05, 4.69) is 0 Å². The average molecular weight is 289 g/mol. The van der Waals surface area contributed by atoms with Crippen LogP contribution in [0, 0.1) is 13.8 Å². The maximum atomic E-state index is 12.1. The molecule has 2 aromatic rings. The fourth-order valence-electron chi connectivity index (χ4n) is 2.39. The van der Waals surface area contributed by atoms with Gasteiger partial charge in [-0.1, -0.05) is 0 Å². The monoisotopic (exact) mass is 289 g/mol. The molecule has 0 aliphatic carbocycles. The third kappa shape index (κ3) is 3.24. The highest BCUT2D eigenvalue weighted by atomic mass is 16.5. The summed E-state index contributed by atoms with van der Waals surface area (Å²) >= 11 is 0. The van der Waals surface area contributed by atoms with Crippen molar-refractivity contribution in [3.05, 3.63) is 57.4 Å². The third-order valence-corrected chi connectivity index (χ3v) is 3.41. The van der Waals surface area contributed by atoms with Gasteiger partial charge >= 0.3 is 5.97 Å². The minimum atomic E-state index is -0.390. The molecule has 2 rings (SSSR count). The number of aryl methyl sites for hydroxylation is 2. The van der Waals surface area contributed by atoms with Crippen LogP contribution in [0.4, 0.5) is 0 Å². The number of hydrogen-bond acceptors (Lipinski definition) is 4. The van der Waals surface area contributed by atoms with Gasteiger partial charge in [-0.05, 0) is 38.5 Å². The molecule has 0 N–H and O–H groups in total. The predicted molar refractivity (Wildman–Crippen MR) is 78.5 cm³/mol. The minimum absolute atomic E-state index is 0.121. The van der Waals surface area contributed by atoms with E-state index >= 15 is 0 Å². The second-order valence-corrected chi connectivity index (χ2v) is 4.83. The summed E-state index contributed by atoms with van der Waals surface area (Å²) in [4.78, 5) is 24.2. The fraction of sp³-hybridized carbons (Fsp3) is 0.375. The van der Waals surface area contributed by atoms with E-state index < -0.39 is 0 Å². The second-order valence-electron chi connectivity index (χ2n) is 4.83. The highest BCUT2D eigenvalue weighted by molar-refractivity contribution is 5.92. The molecule has 0 aliphatic heterocycles. The van der Waals surface area contributed by atoms with E-state index in [4.69, 9.17) is 9.15 Å². The first-order chi connectivity index (χ1) is 10.0. The third-order valence-electron chi connectivity index (χ3n) is 3.41. The van der Waals surface area contributed by atoms with E-state index in [1.807, 2.05) is 12.1 Å². The summed E-state index contributed by atoms with van der Waals surface area (Å²) in [5, 5.41) is 0. The highest BCUT2D eigenvalue weighted by Crippen LogP contribution is 2.14. The summed E-state index contributed by atoms with van der Waals surface area (Å²) in [5.41, 5.74) is 1.62. The first-order valence-electron chi connectivity index (χ1n) is 6.95. The Morgan fingerprint density at radius 2 is 2.14 bits per heavy atom. The number of carbonyl (C=O) groups is 1.